The van der Waals surface area contributed by atoms with Gasteiger partial charge in [-0.05, 0) is 53.9 Å². The summed E-state index contributed by atoms with van der Waals surface area (Å²) in [4.78, 5) is 25.7. The zero-order valence-electron chi connectivity index (χ0n) is 19.0. The van der Waals surface area contributed by atoms with Crippen LogP contribution in [-0.4, -0.2) is 29.6 Å². The zero-order valence-corrected chi connectivity index (χ0v) is 19.8. The van der Waals surface area contributed by atoms with Crippen LogP contribution >= 0.6 is 11.6 Å². The first-order valence-corrected chi connectivity index (χ1v) is 11.7. The summed E-state index contributed by atoms with van der Waals surface area (Å²) < 4.78 is 7.23. The Balaban J connectivity index is 1.40. The van der Waals surface area contributed by atoms with Crippen molar-refractivity contribution in [3.8, 4) is 0 Å². The van der Waals surface area contributed by atoms with Crippen molar-refractivity contribution < 1.29 is 14.3 Å². The van der Waals surface area contributed by atoms with Crippen LogP contribution in [0.15, 0.2) is 85.6 Å². The summed E-state index contributed by atoms with van der Waals surface area (Å²) in [6.45, 7) is 4.95. The van der Waals surface area contributed by atoms with Crippen molar-refractivity contribution in [3.05, 3.63) is 113 Å². The molecule has 5 rings (SSSR count). The fourth-order valence-electron chi connectivity index (χ4n) is 4.39. The molecule has 0 atom stereocenters. The van der Waals surface area contributed by atoms with Gasteiger partial charge >= 0.3 is 5.97 Å². The minimum atomic E-state index is -0.421. The van der Waals surface area contributed by atoms with Crippen LogP contribution in [0.1, 0.15) is 31.8 Å². The molecule has 1 N–H and O–H groups in total. The van der Waals surface area contributed by atoms with Crippen LogP contribution in [0.2, 0.25) is 5.02 Å². The Hall–Kier alpha value is -4.03. The first-order valence-electron chi connectivity index (χ1n) is 11.4. The van der Waals surface area contributed by atoms with Gasteiger partial charge in [0.15, 0.2) is 0 Å². The highest BCUT2D eigenvalue weighted by atomic mass is 35.5. The number of benzene rings is 3. The van der Waals surface area contributed by atoms with Crippen molar-refractivity contribution in [1.29, 1.82) is 0 Å². The molecule has 3 aromatic carbocycles. The van der Waals surface area contributed by atoms with Gasteiger partial charge in [0.1, 0.15) is 6.61 Å². The summed E-state index contributed by atoms with van der Waals surface area (Å²) in [7, 11) is 0. The average molecular weight is 486 g/mol. The average Bonchev–Trinajstić information content (AvgIpc) is 3.47. The van der Waals surface area contributed by atoms with E-state index < -0.39 is 5.97 Å². The van der Waals surface area contributed by atoms with Gasteiger partial charge in [0.25, 0.3) is 5.91 Å². The lowest BCUT2D eigenvalue weighted by molar-refractivity contribution is 0.0549. The molecule has 0 unspecified atom stereocenters. The van der Waals surface area contributed by atoms with Gasteiger partial charge in [-0.15, -0.1) is 0 Å². The molecule has 4 aromatic rings. The Morgan fingerprint density at radius 3 is 2.71 bits per heavy atom. The van der Waals surface area contributed by atoms with Crippen LogP contribution in [-0.2, 0) is 17.7 Å². The topological polar surface area (TPSA) is 63.6 Å². The Labute approximate surface area is 208 Å². The third-order valence-electron chi connectivity index (χ3n) is 6.08. The number of hydrogen-bond donors (Lipinski definition) is 1. The van der Waals surface area contributed by atoms with Gasteiger partial charge in [-0.1, -0.05) is 54.6 Å². The summed E-state index contributed by atoms with van der Waals surface area (Å²) in [5.41, 5.74) is 7.87. The monoisotopic (exact) mass is 485 g/mol. The number of ether oxygens (including phenoxy) is 1. The largest absolute Gasteiger partial charge is 0.458 e. The summed E-state index contributed by atoms with van der Waals surface area (Å²) in [6.07, 6.45) is 4.29. The Morgan fingerprint density at radius 2 is 1.91 bits per heavy atom. The first-order chi connectivity index (χ1) is 17.0. The predicted octanol–water partition coefficient (Wildman–Crippen LogP) is 5.39. The Bertz CT molecular complexity index is 1430. The second-order valence-electron chi connectivity index (χ2n) is 8.39. The summed E-state index contributed by atoms with van der Waals surface area (Å²) in [5, 5.41) is 3.47. The summed E-state index contributed by atoms with van der Waals surface area (Å²) in [6, 6.07) is 20.8. The number of rotatable bonds is 7. The van der Waals surface area contributed by atoms with Crippen molar-refractivity contribution >= 4 is 40.1 Å². The highest BCUT2D eigenvalue weighted by Gasteiger charge is 2.24. The fraction of sp³-hybridized carbons (Fsp3) is 0.143. The minimum absolute atomic E-state index is 0.149. The highest BCUT2D eigenvalue weighted by Crippen LogP contribution is 2.29. The van der Waals surface area contributed by atoms with Gasteiger partial charge in [0.05, 0.1) is 22.3 Å². The smallest absolute Gasteiger partial charge is 0.338 e. The van der Waals surface area contributed by atoms with Gasteiger partial charge in [0, 0.05) is 29.7 Å². The van der Waals surface area contributed by atoms with E-state index in [4.69, 9.17) is 16.3 Å². The lowest BCUT2D eigenvalue weighted by Crippen LogP contribution is -2.41. The molecule has 0 saturated carbocycles. The van der Waals surface area contributed by atoms with Crippen LogP contribution in [0.3, 0.4) is 0 Å². The number of carbonyl (C=O) groups excluding carboxylic acids is 2. The van der Waals surface area contributed by atoms with Gasteiger partial charge in [-0.3, -0.25) is 15.2 Å². The number of esters is 1. The molecular weight excluding hydrogens is 462 g/mol. The van der Waals surface area contributed by atoms with Crippen LogP contribution in [0.25, 0.3) is 10.9 Å². The molecule has 176 valence electrons. The van der Waals surface area contributed by atoms with E-state index in [-0.39, 0.29) is 12.5 Å². The molecule has 0 bridgehead atoms. The molecule has 0 radical (unpaired) electrons. The number of hydrazine groups is 1. The SMILES string of the molecule is C=CCOC(=O)c1ccc2c(c1)N(NC(=O)c1cccc3ccn(Cc4ccc(Cl)cc4)c13)CC2. The van der Waals surface area contributed by atoms with Crippen molar-refractivity contribution in [2.24, 2.45) is 0 Å². The highest BCUT2D eigenvalue weighted by molar-refractivity contribution is 6.30. The lowest BCUT2D eigenvalue weighted by atomic mass is 10.1. The van der Waals surface area contributed by atoms with E-state index in [1.165, 1.54) is 6.08 Å². The third kappa shape index (κ3) is 4.66. The number of nitrogens with zero attached hydrogens (tertiary/aromatic N) is 2. The maximum atomic E-state index is 13.4. The molecule has 0 aliphatic carbocycles. The molecular formula is C28H24ClN3O3. The number of hydrogen-bond acceptors (Lipinski definition) is 4. The van der Waals surface area contributed by atoms with Crippen LogP contribution in [0.4, 0.5) is 5.69 Å². The number of aromatic nitrogens is 1. The second-order valence-corrected chi connectivity index (χ2v) is 8.82. The number of amides is 1. The van der Waals surface area contributed by atoms with Crippen molar-refractivity contribution in [2.75, 3.05) is 18.2 Å². The van der Waals surface area contributed by atoms with E-state index in [2.05, 4.69) is 16.6 Å². The molecule has 7 heteroatoms. The molecule has 1 amide bonds. The number of para-hydroxylation sites is 1. The molecule has 1 aromatic heterocycles. The number of nitrogens with one attached hydrogen (secondary N) is 1. The molecule has 0 saturated heterocycles. The predicted molar refractivity (Wildman–Crippen MR) is 138 cm³/mol. The number of carbonyl (C=O) groups is 2. The van der Waals surface area contributed by atoms with E-state index in [9.17, 15) is 9.59 Å². The van der Waals surface area contributed by atoms with Crippen LogP contribution in [0, 0.1) is 0 Å². The molecule has 1 aliphatic heterocycles. The third-order valence-corrected chi connectivity index (χ3v) is 6.34. The van der Waals surface area contributed by atoms with E-state index >= 15 is 0 Å². The number of anilines is 1. The van der Waals surface area contributed by atoms with Gasteiger partial charge < -0.3 is 9.30 Å². The first kappa shape index (κ1) is 22.7. The number of fused-ring (bicyclic) bond motifs is 2. The molecule has 0 spiro atoms. The second kappa shape index (κ2) is 9.68. The molecule has 35 heavy (non-hydrogen) atoms. The van der Waals surface area contributed by atoms with Gasteiger partial charge in [-0.2, -0.15) is 0 Å². The Morgan fingerprint density at radius 1 is 1.09 bits per heavy atom. The number of halogens is 1. The molecule has 1 aliphatic rings. The van der Waals surface area contributed by atoms with E-state index in [1.807, 2.05) is 60.8 Å². The maximum Gasteiger partial charge on any atom is 0.338 e. The fourth-order valence-corrected chi connectivity index (χ4v) is 4.51. The normalized spacial score (nSPS) is 12.4. The zero-order chi connectivity index (χ0) is 24.4. The van der Waals surface area contributed by atoms with Crippen LogP contribution < -0.4 is 10.4 Å². The van der Waals surface area contributed by atoms with Crippen molar-refractivity contribution in [2.45, 2.75) is 13.0 Å². The quantitative estimate of drug-likeness (QED) is 0.281. The standard InChI is InChI=1S/C28H24ClN3O3/c1-2-16-35-28(34)22-9-8-20-13-15-32(25(20)17-22)30-27(33)24-5-3-4-21-12-14-31(26(21)24)18-19-6-10-23(29)11-7-19/h2-12,14,17H,1,13,15-16,18H2,(H,30,33). The summed E-state index contributed by atoms with van der Waals surface area (Å²) in [5.74, 6) is -0.630. The molecule has 6 nitrogen and oxygen atoms in total. The van der Waals surface area contributed by atoms with Crippen molar-refractivity contribution in [1.82, 2.24) is 9.99 Å². The van der Waals surface area contributed by atoms with Gasteiger partial charge in [0.2, 0.25) is 0 Å². The summed E-state index contributed by atoms with van der Waals surface area (Å²) >= 11 is 6.03. The molecule has 0 fully saturated rings. The maximum absolute atomic E-state index is 13.4. The Kier molecular flexibility index (Phi) is 6.29. The van der Waals surface area contributed by atoms with Crippen LogP contribution in [0.5, 0.6) is 0 Å². The van der Waals surface area contributed by atoms with Gasteiger partial charge in [-0.25, -0.2) is 4.79 Å². The van der Waals surface area contributed by atoms with Crippen molar-refractivity contribution in [3.63, 3.8) is 0 Å². The minimum Gasteiger partial charge on any atom is -0.458 e. The van der Waals surface area contributed by atoms with E-state index in [0.29, 0.717) is 29.2 Å². The van der Waals surface area contributed by atoms with E-state index in [1.54, 1.807) is 17.1 Å². The molecule has 2 heterocycles. The lowest BCUT2D eigenvalue weighted by Gasteiger charge is -2.21. The van der Waals surface area contributed by atoms with E-state index in [0.717, 1.165) is 34.1 Å².